The lowest BCUT2D eigenvalue weighted by atomic mass is 10.1. The maximum absolute atomic E-state index is 12.5. The summed E-state index contributed by atoms with van der Waals surface area (Å²) in [6, 6.07) is 10.4. The largest absolute Gasteiger partial charge is 0.326 e. The average Bonchev–Trinajstić information content (AvgIpc) is 2.85. The monoisotopic (exact) mass is 310 g/mol. The summed E-state index contributed by atoms with van der Waals surface area (Å²) in [7, 11) is -3.45. The molecule has 2 aromatic rings. The molecule has 0 radical (unpaired) electrons. The normalized spacial score (nSPS) is 20.6. The highest BCUT2D eigenvalue weighted by atomic mass is 35.5. The van der Waals surface area contributed by atoms with E-state index in [-0.39, 0.29) is 6.04 Å². The van der Waals surface area contributed by atoms with E-state index in [2.05, 4.69) is 0 Å². The first-order valence-electron chi connectivity index (χ1n) is 6.42. The Kier molecular flexibility index (Phi) is 3.46. The van der Waals surface area contributed by atoms with Gasteiger partial charge in [-0.05, 0) is 41.5 Å². The second-order valence-corrected chi connectivity index (χ2v) is 7.44. The van der Waals surface area contributed by atoms with Crippen molar-refractivity contribution in [3.63, 3.8) is 0 Å². The molecule has 0 spiro atoms. The highest BCUT2D eigenvalue weighted by Crippen LogP contribution is 2.26. The molecule has 0 unspecified atom stereocenters. The molecule has 20 heavy (non-hydrogen) atoms. The van der Waals surface area contributed by atoms with E-state index in [0.29, 0.717) is 29.4 Å². The maximum atomic E-state index is 12.5. The quantitative estimate of drug-likeness (QED) is 0.925. The van der Waals surface area contributed by atoms with Crippen LogP contribution in [0.1, 0.15) is 6.42 Å². The zero-order chi connectivity index (χ0) is 14.3. The molecule has 1 aliphatic heterocycles. The summed E-state index contributed by atoms with van der Waals surface area (Å²) in [5, 5.41) is 2.42. The van der Waals surface area contributed by atoms with Crippen molar-refractivity contribution < 1.29 is 8.42 Å². The van der Waals surface area contributed by atoms with Gasteiger partial charge in [0.2, 0.25) is 10.0 Å². The Hall–Kier alpha value is -1.14. The molecule has 3 rings (SSSR count). The van der Waals surface area contributed by atoms with Crippen LogP contribution >= 0.6 is 11.6 Å². The van der Waals surface area contributed by atoms with E-state index in [4.69, 9.17) is 17.3 Å². The molecule has 4 nitrogen and oxygen atoms in total. The predicted molar refractivity (Wildman–Crippen MR) is 80.3 cm³/mol. The van der Waals surface area contributed by atoms with E-state index in [0.717, 1.165) is 10.8 Å². The number of hydrogen-bond acceptors (Lipinski definition) is 3. The van der Waals surface area contributed by atoms with E-state index in [1.807, 2.05) is 12.1 Å². The number of benzene rings is 2. The van der Waals surface area contributed by atoms with E-state index in [9.17, 15) is 8.42 Å². The molecule has 2 aromatic carbocycles. The third kappa shape index (κ3) is 2.42. The predicted octanol–water partition coefficient (Wildman–Crippen LogP) is 2.21. The van der Waals surface area contributed by atoms with Crippen LogP contribution in [0.15, 0.2) is 41.3 Å². The Balaban J connectivity index is 2.03. The van der Waals surface area contributed by atoms with Crippen LogP contribution in [-0.2, 0) is 10.0 Å². The maximum Gasteiger partial charge on any atom is 0.243 e. The van der Waals surface area contributed by atoms with Crippen molar-refractivity contribution in [1.29, 1.82) is 0 Å². The van der Waals surface area contributed by atoms with Crippen molar-refractivity contribution in [3.05, 3.63) is 41.4 Å². The summed E-state index contributed by atoms with van der Waals surface area (Å²) in [5.74, 6) is 0. The zero-order valence-electron chi connectivity index (χ0n) is 10.8. The van der Waals surface area contributed by atoms with Gasteiger partial charge in [0.25, 0.3) is 0 Å². The smallest absolute Gasteiger partial charge is 0.243 e. The summed E-state index contributed by atoms with van der Waals surface area (Å²) in [6.07, 6.45) is 0.711. The van der Waals surface area contributed by atoms with E-state index < -0.39 is 10.0 Å². The molecule has 0 saturated carbocycles. The van der Waals surface area contributed by atoms with Crippen molar-refractivity contribution in [3.8, 4) is 0 Å². The Bertz CT molecular complexity index is 761. The van der Waals surface area contributed by atoms with Crippen LogP contribution in [0.25, 0.3) is 10.8 Å². The lowest BCUT2D eigenvalue weighted by Gasteiger charge is -2.16. The van der Waals surface area contributed by atoms with Gasteiger partial charge in [-0.25, -0.2) is 8.42 Å². The summed E-state index contributed by atoms with van der Waals surface area (Å²) < 4.78 is 26.5. The van der Waals surface area contributed by atoms with Crippen LogP contribution in [0, 0.1) is 0 Å². The van der Waals surface area contributed by atoms with Crippen LogP contribution in [0.5, 0.6) is 0 Å². The summed E-state index contributed by atoms with van der Waals surface area (Å²) in [6.45, 7) is 0.878. The lowest BCUT2D eigenvalue weighted by molar-refractivity contribution is 0.472. The first-order valence-corrected chi connectivity index (χ1v) is 8.24. The fourth-order valence-corrected chi connectivity index (χ4v) is 4.20. The van der Waals surface area contributed by atoms with Gasteiger partial charge in [0.1, 0.15) is 0 Å². The van der Waals surface area contributed by atoms with Crippen molar-refractivity contribution in [2.45, 2.75) is 17.4 Å². The van der Waals surface area contributed by atoms with Gasteiger partial charge in [-0.2, -0.15) is 4.31 Å². The van der Waals surface area contributed by atoms with E-state index in [1.165, 1.54) is 4.31 Å². The molecular formula is C14H15ClN2O2S. The van der Waals surface area contributed by atoms with Crippen molar-refractivity contribution in [2.75, 3.05) is 13.1 Å². The van der Waals surface area contributed by atoms with Gasteiger partial charge in [0, 0.05) is 24.2 Å². The molecule has 2 N–H and O–H groups in total. The van der Waals surface area contributed by atoms with Gasteiger partial charge < -0.3 is 5.73 Å². The summed E-state index contributed by atoms with van der Waals surface area (Å²) in [5.41, 5.74) is 5.79. The molecular weight excluding hydrogens is 296 g/mol. The average molecular weight is 311 g/mol. The van der Waals surface area contributed by atoms with Gasteiger partial charge in [0.05, 0.1) is 4.90 Å². The first kappa shape index (κ1) is 13.8. The molecule has 1 saturated heterocycles. The Morgan fingerprint density at radius 1 is 1.15 bits per heavy atom. The number of nitrogens with two attached hydrogens (primary N) is 1. The molecule has 0 bridgehead atoms. The highest BCUT2D eigenvalue weighted by Gasteiger charge is 2.30. The molecule has 1 aliphatic rings. The van der Waals surface area contributed by atoms with Gasteiger partial charge in [-0.15, -0.1) is 0 Å². The van der Waals surface area contributed by atoms with Crippen molar-refractivity contribution in [2.24, 2.45) is 5.73 Å². The van der Waals surface area contributed by atoms with E-state index in [1.54, 1.807) is 24.3 Å². The summed E-state index contributed by atoms with van der Waals surface area (Å²) in [4.78, 5) is 0.307. The Labute approximate surface area is 123 Å². The third-order valence-electron chi connectivity index (χ3n) is 3.60. The highest BCUT2D eigenvalue weighted by molar-refractivity contribution is 7.89. The molecule has 1 fully saturated rings. The molecule has 0 aliphatic carbocycles. The van der Waals surface area contributed by atoms with Crippen molar-refractivity contribution >= 4 is 32.4 Å². The first-order chi connectivity index (χ1) is 9.46. The minimum Gasteiger partial charge on any atom is -0.326 e. The fourth-order valence-electron chi connectivity index (χ4n) is 2.48. The number of sulfonamides is 1. The van der Waals surface area contributed by atoms with Crippen LogP contribution in [0.2, 0.25) is 5.02 Å². The summed E-state index contributed by atoms with van der Waals surface area (Å²) >= 11 is 5.93. The molecule has 6 heteroatoms. The van der Waals surface area contributed by atoms with E-state index >= 15 is 0 Å². The van der Waals surface area contributed by atoms with Crippen molar-refractivity contribution in [1.82, 2.24) is 4.31 Å². The minimum atomic E-state index is -3.45. The van der Waals surface area contributed by atoms with Gasteiger partial charge in [0.15, 0.2) is 0 Å². The molecule has 0 aromatic heterocycles. The molecule has 1 atom stereocenters. The van der Waals surface area contributed by atoms with Gasteiger partial charge in [-0.1, -0.05) is 23.7 Å². The Morgan fingerprint density at radius 3 is 2.55 bits per heavy atom. The van der Waals surface area contributed by atoms with Crippen LogP contribution in [-0.4, -0.2) is 31.9 Å². The number of rotatable bonds is 2. The topological polar surface area (TPSA) is 63.4 Å². The zero-order valence-corrected chi connectivity index (χ0v) is 12.4. The second kappa shape index (κ2) is 5.00. The Morgan fingerprint density at radius 2 is 1.85 bits per heavy atom. The number of nitrogens with zero attached hydrogens (tertiary/aromatic N) is 1. The molecule has 0 amide bonds. The van der Waals surface area contributed by atoms with Crippen LogP contribution in [0.3, 0.4) is 0 Å². The minimum absolute atomic E-state index is 0.0657. The fraction of sp³-hybridized carbons (Fsp3) is 0.286. The number of hydrogen-bond donors (Lipinski definition) is 1. The van der Waals surface area contributed by atoms with Crippen LogP contribution < -0.4 is 5.73 Å². The lowest BCUT2D eigenvalue weighted by Crippen LogP contribution is -2.31. The standard InChI is InChI=1S/C14H15ClN2O2S/c15-12-3-1-11-8-14(4-2-10(11)7-12)20(18,19)17-6-5-13(16)9-17/h1-4,7-8,13H,5-6,9,16H2/t13-/m0/s1. The number of halogens is 1. The molecule has 1 heterocycles. The van der Waals surface area contributed by atoms with Gasteiger partial charge >= 0.3 is 0 Å². The number of fused-ring (bicyclic) bond motifs is 1. The molecule has 106 valence electrons. The SMILES string of the molecule is N[C@H]1CCN(S(=O)(=O)c2ccc3cc(Cl)ccc3c2)C1. The third-order valence-corrected chi connectivity index (χ3v) is 5.70. The second-order valence-electron chi connectivity index (χ2n) is 5.07. The van der Waals surface area contributed by atoms with Crippen LogP contribution in [0.4, 0.5) is 0 Å². The van der Waals surface area contributed by atoms with Gasteiger partial charge in [-0.3, -0.25) is 0 Å².